The van der Waals surface area contributed by atoms with E-state index in [1.54, 1.807) is 6.07 Å². The Bertz CT molecular complexity index is 1180. The van der Waals surface area contributed by atoms with Crippen LogP contribution in [-0.2, 0) is 6.42 Å². The Labute approximate surface area is 178 Å². The minimum atomic E-state index is -1.48. The van der Waals surface area contributed by atoms with E-state index in [1.165, 1.54) is 0 Å². The zero-order chi connectivity index (χ0) is 22.3. The van der Waals surface area contributed by atoms with Crippen molar-refractivity contribution in [3.05, 3.63) is 70.2 Å². The van der Waals surface area contributed by atoms with E-state index in [2.05, 4.69) is 17.6 Å². The number of pyridine rings is 1. The van der Waals surface area contributed by atoms with Crippen LogP contribution in [0.15, 0.2) is 30.3 Å². The quantitative estimate of drug-likeness (QED) is 0.544. The first-order valence-electron chi connectivity index (χ1n) is 10.5. The SMILES string of the molecule is CCCc1ccc(C(=O)NC(C)C)c2ccc(C3CNc4c3cc(F)c(F)c4F)nc12. The zero-order valence-electron chi connectivity index (χ0n) is 17.7. The maximum atomic E-state index is 14.2. The molecule has 1 aliphatic rings. The summed E-state index contributed by atoms with van der Waals surface area (Å²) in [6.07, 6.45) is 1.69. The number of carbonyl (C=O) groups excluding carboxylic acids is 1. The molecule has 0 radical (unpaired) electrons. The van der Waals surface area contributed by atoms with E-state index in [4.69, 9.17) is 4.98 Å². The molecule has 2 heterocycles. The Morgan fingerprint density at radius 2 is 1.97 bits per heavy atom. The second-order valence-electron chi connectivity index (χ2n) is 8.17. The van der Waals surface area contributed by atoms with Gasteiger partial charge in [0.05, 0.1) is 16.9 Å². The van der Waals surface area contributed by atoms with E-state index >= 15 is 0 Å². The summed E-state index contributed by atoms with van der Waals surface area (Å²) in [4.78, 5) is 17.5. The van der Waals surface area contributed by atoms with Crippen molar-refractivity contribution in [1.29, 1.82) is 0 Å². The molecular weight excluding hydrogens is 403 g/mol. The Balaban J connectivity index is 1.84. The summed E-state index contributed by atoms with van der Waals surface area (Å²) in [5, 5.41) is 6.48. The predicted octanol–water partition coefficient (Wildman–Crippen LogP) is 5.30. The minimum Gasteiger partial charge on any atom is -0.381 e. The van der Waals surface area contributed by atoms with Crippen molar-refractivity contribution in [2.24, 2.45) is 0 Å². The second kappa shape index (κ2) is 8.21. The van der Waals surface area contributed by atoms with E-state index in [0.29, 0.717) is 22.3 Å². The Morgan fingerprint density at radius 1 is 1.19 bits per heavy atom. The lowest BCUT2D eigenvalue weighted by molar-refractivity contribution is 0.0945. The molecular formula is C24H24F3N3O. The van der Waals surface area contributed by atoms with Crippen molar-refractivity contribution in [1.82, 2.24) is 10.3 Å². The number of carbonyl (C=O) groups is 1. The lowest BCUT2D eigenvalue weighted by Crippen LogP contribution is -2.30. The topological polar surface area (TPSA) is 54.0 Å². The molecule has 4 nitrogen and oxygen atoms in total. The maximum absolute atomic E-state index is 14.2. The normalized spacial score (nSPS) is 15.3. The predicted molar refractivity (Wildman–Crippen MR) is 115 cm³/mol. The zero-order valence-corrected chi connectivity index (χ0v) is 17.7. The molecule has 0 spiro atoms. The second-order valence-corrected chi connectivity index (χ2v) is 8.17. The molecule has 0 saturated carbocycles. The van der Waals surface area contributed by atoms with Crippen LogP contribution in [0.1, 0.15) is 60.3 Å². The summed E-state index contributed by atoms with van der Waals surface area (Å²) in [6, 6.07) is 8.35. The van der Waals surface area contributed by atoms with Crippen LogP contribution in [0.2, 0.25) is 0 Å². The first-order chi connectivity index (χ1) is 14.8. The number of fused-ring (bicyclic) bond motifs is 2. The van der Waals surface area contributed by atoms with Gasteiger partial charge in [-0.25, -0.2) is 13.2 Å². The smallest absolute Gasteiger partial charge is 0.252 e. The number of aromatic nitrogens is 1. The standard InChI is InChI=1S/C24H24F3N3O/c1-4-5-13-6-7-15(24(31)29-12(2)3)14-8-9-19(30-22(13)14)17-11-28-23-16(17)10-18(25)20(26)21(23)27/h6-10,12,17,28H,4-5,11H2,1-3H3,(H,29,31). The van der Waals surface area contributed by atoms with E-state index in [1.807, 2.05) is 32.0 Å². The van der Waals surface area contributed by atoms with Gasteiger partial charge < -0.3 is 10.6 Å². The summed E-state index contributed by atoms with van der Waals surface area (Å²) in [5.74, 6) is -4.51. The van der Waals surface area contributed by atoms with Gasteiger partial charge in [-0.15, -0.1) is 0 Å². The third kappa shape index (κ3) is 3.73. The number of hydrogen-bond donors (Lipinski definition) is 2. The highest BCUT2D eigenvalue weighted by molar-refractivity contribution is 6.07. The van der Waals surface area contributed by atoms with Gasteiger partial charge >= 0.3 is 0 Å². The molecule has 1 aliphatic heterocycles. The highest BCUT2D eigenvalue weighted by atomic mass is 19.2. The summed E-state index contributed by atoms with van der Waals surface area (Å²) >= 11 is 0. The van der Waals surface area contributed by atoms with E-state index < -0.39 is 23.4 Å². The number of amides is 1. The molecule has 0 saturated heterocycles. The van der Waals surface area contributed by atoms with Crippen LogP contribution in [0.5, 0.6) is 0 Å². The molecule has 3 aromatic rings. The number of halogens is 3. The molecule has 2 N–H and O–H groups in total. The van der Waals surface area contributed by atoms with Gasteiger partial charge in [0, 0.05) is 29.5 Å². The molecule has 0 bridgehead atoms. The highest BCUT2D eigenvalue weighted by Crippen LogP contribution is 2.39. The average Bonchev–Trinajstić information content (AvgIpc) is 3.15. The number of anilines is 1. The molecule has 31 heavy (non-hydrogen) atoms. The lowest BCUT2D eigenvalue weighted by Gasteiger charge is -2.16. The fourth-order valence-corrected chi connectivity index (χ4v) is 4.14. The number of nitrogens with zero attached hydrogens (tertiary/aromatic N) is 1. The van der Waals surface area contributed by atoms with E-state index in [0.717, 1.165) is 29.9 Å². The van der Waals surface area contributed by atoms with Crippen molar-refractivity contribution in [2.45, 2.75) is 45.6 Å². The fourth-order valence-electron chi connectivity index (χ4n) is 4.14. The van der Waals surface area contributed by atoms with E-state index in [-0.39, 0.29) is 24.2 Å². The van der Waals surface area contributed by atoms with Gasteiger partial charge in [0.25, 0.3) is 5.91 Å². The lowest BCUT2D eigenvalue weighted by atomic mass is 9.94. The molecule has 0 fully saturated rings. The van der Waals surface area contributed by atoms with Crippen LogP contribution in [0.25, 0.3) is 10.9 Å². The van der Waals surface area contributed by atoms with Crippen LogP contribution in [0.3, 0.4) is 0 Å². The number of rotatable bonds is 5. The van der Waals surface area contributed by atoms with Gasteiger partial charge in [0.1, 0.15) is 0 Å². The molecule has 162 valence electrons. The van der Waals surface area contributed by atoms with Gasteiger partial charge in [-0.3, -0.25) is 9.78 Å². The molecule has 0 aliphatic carbocycles. The molecule has 2 aromatic carbocycles. The van der Waals surface area contributed by atoms with Crippen molar-refractivity contribution in [3.8, 4) is 0 Å². The molecule has 1 unspecified atom stereocenters. The fraction of sp³-hybridized carbons (Fsp3) is 0.333. The number of hydrogen-bond acceptors (Lipinski definition) is 3. The number of benzene rings is 2. The van der Waals surface area contributed by atoms with Crippen LogP contribution in [0.4, 0.5) is 18.9 Å². The Morgan fingerprint density at radius 3 is 2.68 bits per heavy atom. The first kappa shape index (κ1) is 21.2. The van der Waals surface area contributed by atoms with Crippen LogP contribution in [-0.4, -0.2) is 23.5 Å². The molecule has 4 rings (SSSR count). The van der Waals surface area contributed by atoms with Gasteiger partial charge in [-0.2, -0.15) is 0 Å². The Kier molecular flexibility index (Phi) is 5.60. The third-order valence-corrected chi connectivity index (χ3v) is 5.55. The average molecular weight is 427 g/mol. The summed E-state index contributed by atoms with van der Waals surface area (Å²) in [5.41, 5.74) is 3.17. The van der Waals surface area contributed by atoms with Gasteiger partial charge in [-0.1, -0.05) is 25.5 Å². The van der Waals surface area contributed by atoms with Crippen molar-refractivity contribution < 1.29 is 18.0 Å². The monoisotopic (exact) mass is 427 g/mol. The van der Waals surface area contributed by atoms with E-state index in [9.17, 15) is 18.0 Å². The Hall–Kier alpha value is -3.09. The molecule has 1 amide bonds. The summed E-state index contributed by atoms with van der Waals surface area (Å²) in [7, 11) is 0. The number of nitrogens with one attached hydrogen (secondary N) is 2. The largest absolute Gasteiger partial charge is 0.381 e. The third-order valence-electron chi connectivity index (χ3n) is 5.55. The maximum Gasteiger partial charge on any atom is 0.252 e. The summed E-state index contributed by atoms with van der Waals surface area (Å²) < 4.78 is 41.7. The van der Waals surface area contributed by atoms with Crippen LogP contribution < -0.4 is 10.6 Å². The van der Waals surface area contributed by atoms with Crippen LogP contribution >= 0.6 is 0 Å². The van der Waals surface area contributed by atoms with Gasteiger partial charge in [0.15, 0.2) is 17.5 Å². The first-order valence-corrected chi connectivity index (χ1v) is 10.5. The van der Waals surface area contributed by atoms with Gasteiger partial charge in [-0.05, 0) is 49.6 Å². The van der Waals surface area contributed by atoms with Crippen molar-refractivity contribution >= 4 is 22.5 Å². The number of aryl methyl sites for hydroxylation is 1. The van der Waals surface area contributed by atoms with Gasteiger partial charge in [0.2, 0.25) is 0 Å². The van der Waals surface area contributed by atoms with Crippen LogP contribution in [0, 0.1) is 17.5 Å². The molecule has 7 heteroatoms. The van der Waals surface area contributed by atoms with Crippen molar-refractivity contribution in [3.63, 3.8) is 0 Å². The van der Waals surface area contributed by atoms with Crippen molar-refractivity contribution in [2.75, 3.05) is 11.9 Å². The minimum absolute atomic E-state index is 0.00338. The molecule has 1 atom stereocenters. The molecule has 1 aromatic heterocycles. The highest BCUT2D eigenvalue weighted by Gasteiger charge is 2.31. The summed E-state index contributed by atoms with van der Waals surface area (Å²) in [6.45, 7) is 6.14.